The van der Waals surface area contributed by atoms with E-state index >= 15 is 0 Å². The Morgan fingerprint density at radius 1 is 1.53 bits per heavy atom. The molecule has 1 unspecified atom stereocenters. The Morgan fingerprint density at radius 2 is 2.18 bits per heavy atom. The van der Waals surface area contributed by atoms with Crippen LogP contribution in [0.2, 0.25) is 5.02 Å². The zero-order valence-electron chi connectivity index (χ0n) is 9.39. The maximum Gasteiger partial charge on any atom is 0.328 e. The van der Waals surface area contributed by atoms with E-state index in [-0.39, 0.29) is 17.3 Å². The third-order valence-corrected chi connectivity index (χ3v) is 2.31. The van der Waals surface area contributed by atoms with Gasteiger partial charge in [-0.3, -0.25) is 0 Å². The average Bonchev–Trinajstić information content (AvgIpc) is 2.23. The van der Waals surface area contributed by atoms with Gasteiger partial charge in [-0.05, 0) is 19.9 Å². The van der Waals surface area contributed by atoms with Crippen molar-refractivity contribution >= 4 is 23.3 Å². The summed E-state index contributed by atoms with van der Waals surface area (Å²) in [5, 5.41) is 2.42. The highest BCUT2D eigenvalue weighted by Gasteiger charge is 2.18. The predicted molar refractivity (Wildman–Crippen MR) is 61.1 cm³/mol. The van der Waals surface area contributed by atoms with E-state index in [1.165, 1.54) is 6.92 Å². The Bertz CT molecular complexity index is 403. The third kappa shape index (κ3) is 3.56. The van der Waals surface area contributed by atoms with Gasteiger partial charge in [0.05, 0.1) is 17.3 Å². The minimum Gasteiger partial charge on any atom is -0.464 e. The first kappa shape index (κ1) is 13.7. The highest BCUT2D eigenvalue weighted by Crippen LogP contribution is 2.27. The Morgan fingerprint density at radius 3 is 2.71 bits per heavy atom. The molecule has 0 aromatic heterocycles. The van der Waals surface area contributed by atoms with E-state index in [4.69, 9.17) is 16.3 Å². The van der Waals surface area contributed by atoms with Crippen LogP contribution < -0.4 is 5.32 Å². The molecule has 0 spiro atoms. The number of hydrogen-bond donors (Lipinski definition) is 1. The average molecular weight is 264 g/mol. The number of carbonyl (C=O) groups excluding carboxylic acids is 1. The number of benzene rings is 1. The van der Waals surface area contributed by atoms with Crippen molar-refractivity contribution in [2.24, 2.45) is 0 Å². The van der Waals surface area contributed by atoms with Crippen molar-refractivity contribution < 1.29 is 18.3 Å². The minimum atomic E-state index is -0.855. The second-order valence-electron chi connectivity index (χ2n) is 3.36. The molecule has 3 nitrogen and oxygen atoms in total. The Balaban J connectivity index is 2.85. The summed E-state index contributed by atoms with van der Waals surface area (Å²) in [4.78, 5) is 11.3. The van der Waals surface area contributed by atoms with Gasteiger partial charge >= 0.3 is 5.97 Å². The first-order valence-electron chi connectivity index (χ1n) is 5.03. The zero-order valence-corrected chi connectivity index (χ0v) is 10.1. The van der Waals surface area contributed by atoms with Crippen molar-refractivity contribution in [2.75, 3.05) is 11.9 Å². The Labute approximate surface area is 103 Å². The first-order valence-corrected chi connectivity index (χ1v) is 5.41. The van der Waals surface area contributed by atoms with Crippen molar-refractivity contribution in [3.05, 3.63) is 28.8 Å². The van der Waals surface area contributed by atoms with Crippen LogP contribution in [0.15, 0.2) is 12.1 Å². The first-order chi connectivity index (χ1) is 7.95. The Hall–Kier alpha value is -1.36. The molecule has 0 amide bonds. The van der Waals surface area contributed by atoms with Crippen molar-refractivity contribution in [1.29, 1.82) is 0 Å². The van der Waals surface area contributed by atoms with Gasteiger partial charge in [0.1, 0.15) is 11.9 Å². The fraction of sp³-hybridized carbons (Fsp3) is 0.364. The van der Waals surface area contributed by atoms with Crippen LogP contribution in [0.3, 0.4) is 0 Å². The van der Waals surface area contributed by atoms with E-state index in [9.17, 15) is 13.6 Å². The van der Waals surface area contributed by atoms with E-state index in [0.29, 0.717) is 6.07 Å². The molecule has 6 heteroatoms. The zero-order chi connectivity index (χ0) is 13.0. The summed E-state index contributed by atoms with van der Waals surface area (Å²) in [6, 6.07) is 0.879. The molecule has 1 aromatic carbocycles. The number of carbonyl (C=O) groups is 1. The van der Waals surface area contributed by atoms with Crippen LogP contribution in [0.25, 0.3) is 0 Å². The smallest absolute Gasteiger partial charge is 0.328 e. The summed E-state index contributed by atoms with van der Waals surface area (Å²) in [5.41, 5.74) is -0.117. The second kappa shape index (κ2) is 5.82. The van der Waals surface area contributed by atoms with Gasteiger partial charge in [0, 0.05) is 6.07 Å². The molecule has 0 saturated heterocycles. The van der Waals surface area contributed by atoms with Crippen LogP contribution in [0.1, 0.15) is 13.8 Å². The van der Waals surface area contributed by atoms with E-state index in [0.717, 1.165) is 6.07 Å². The van der Waals surface area contributed by atoms with Gasteiger partial charge in [-0.25, -0.2) is 13.6 Å². The van der Waals surface area contributed by atoms with E-state index in [2.05, 4.69) is 5.32 Å². The summed E-state index contributed by atoms with van der Waals surface area (Å²) < 4.78 is 30.9. The molecule has 1 N–H and O–H groups in total. The number of rotatable bonds is 4. The summed E-state index contributed by atoms with van der Waals surface area (Å²) in [6.45, 7) is 3.39. The fourth-order valence-corrected chi connectivity index (χ4v) is 1.47. The van der Waals surface area contributed by atoms with Crippen molar-refractivity contribution in [3.63, 3.8) is 0 Å². The quantitative estimate of drug-likeness (QED) is 0.849. The highest BCUT2D eigenvalue weighted by molar-refractivity contribution is 6.33. The molecular formula is C11H12ClF2NO2. The van der Waals surface area contributed by atoms with Crippen molar-refractivity contribution in [2.45, 2.75) is 19.9 Å². The van der Waals surface area contributed by atoms with Crippen molar-refractivity contribution in [1.82, 2.24) is 0 Å². The molecule has 1 rings (SSSR count). The van der Waals surface area contributed by atoms with Crippen LogP contribution in [-0.2, 0) is 9.53 Å². The summed E-state index contributed by atoms with van der Waals surface area (Å²) in [6.07, 6.45) is 0. The van der Waals surface area contributed by atoms with Gasteiger partial charge in [-0.1, -0.05) is 11.6 Å². The normalized spacial score (nSPS) is 12.1. The molecule has 1 aromatic rings. The molecular weight excluding hydrogens is 252 g/mol. The number of halogens is 3. The SMILES string of the molecule is CCOC(=O)C(C)Nc1c(F)cc(F)cc1Cl. The van der Waals surface area contributed by atoms with Crippen LogP contribution >= 0.6 is 11.6 Å². The third-order valence-electron chi connectivity index (χ3n) is 2.01. The monoisotopic (exact) mass is 263 g/mol. The lowest BCUT2D eigenvalue weighted by Gasteiger charge is -2.15. The van der Waals surface area contributed by atoms with E-state index in [1.807, 2.05) is 0 Å². The fourth-order valence-electron chi connectivity index (χ4n) is 1.22. The maximum absolute atomic E-state index is 13.4. The molecule has 0 aliphatic heterocycles. The Kier molecular flexibility index (Phi) is 4.69. The van der Waals surface area contributed by atoms with Gasteiger partial charge in [0.2, 0.25) is 0 Å². The van der Waals surface area contributed by atoms with Crippen molar-refractivity contribution in [3.8, 4) is 0 Å². The predicted octanol–water partition coefficient (Wildman–Crippen LogP) is 2.98. The molecule has 0 aliphatic rings. The summed E-state index contributed by atoms with van der Waals surface area (Å²) in [5.74, 6) is -2.17. The molecule has 0 aliphatic carbocycles. The van der Waals surface area contributed by atoms with E-state index < -0.39 is 23.6 Å². The van der Waals surface area contributed by atoms with Gasteiger partial charge in [0.25, 0.3) is 0 Å². The molecule has 17 heavy (non-hydrogen) atoms. The largest absolute Gasteiger partial charge is 0.464 e. The molecule has 94 valence electrons. The number of ether oxygens (including phenoxy) is 1. The standard InChI is InChI=1S/C11H12ClF2NO2/c1-3-17-11(16)6(2)15-10-8(12)4-7(13)5-9(10)14/h4-6,15H,3H2,1-2H3. The molecule has 0 fully saturated rings. The highest BCUT2D eigenvalue weighted by atomic mass is 35.5. The molecule has 0 heterocycles. The minimum absolute atomic E-state index is 0.117. The summed E-state index contributed by atoms with van der Waals surface area (Å²) in [7, 11) is 0. The number of esters is 1. The lowest BCUT2D eigenvalue weighted by molar-refractivity contribution is -0.143. The van der Waals surface area contributed by atoms with Crippen LogP contribution in [0, 0.1) is 11.6 Å². The molecule has 1 atom stereocenters. The van der Waals surface area contributed by atoms with Gasteiger partial charge in [-0.2, -0.15) is 0 Å². The number of hydrogen-bond acceptors (Lipinski definition) is 3. The molecule has 0 saturated carbocycles. The van der Waals surface area contributed by atoms with Crippen LogP contribution in [0.4, 0.5) is 14.5 Å². The van der Waals surface area contributed by atoms with Crippen LogP contribution in [0.5, 0.6) is 0 Å². The maximum atomic E-state index is 13.4. The van der Waals surface area contributed by atoms with Gasteiger partial charge in [0.15, 0.2) is 5.82 Å². The lowest BCUT2D eigenvalue weighted by Crippen LogP contribution is -2.28. The number of anilines is 1. The van der Waals surface area contributed by atoms with E-state index in [1.54, 1.807) is 6.92 Å². The lowest BCUT2D eigenvalue weighted by atomic mass is 10.2. The topological polar surface area (TPSA) is 38.3 Å². The molecule has 0 radical (unpaired) electrons. The van der Waals surface area contributed by atoms with Crippen LogP contribution in [-0.4, -0.2) is 18.6 Å². The second-order valence-corrected chi connectivity index (χ2v) is 3.77. The number of nitrogens with one attached hydrogen (secondary N) is 1. The van der Waals surface area contributed by atoms with Gasteiger partial charge < -0.3 is 10.1 Å². The summed E-state index contributed by atoms with van der Waals surface area (Å²) >= 11 is 5.67. The van der Waals surface area contributed by atoms with Gasteiger partial charge in [-0.15, -0.1) is 0 Å². The molecule has 0 bridgehead atoms.